The second-order valence-electron chi connectivity index (χ2n) is 7.60. The molecule has 0 saturated carbocycles. The van der Waals surface area contributed by atoms with Gasteiger partial charge in [-0.3, -0.25) is 0 Å². The molecule has 0 N–H and O–H groups in total. The van der Waals surface area contributed by atoms with Crippen LogP contribution in [0.3, 0.4) is 0 Å². The van der Waals surface area contributed by atoms with Crippen molar-refractivity contribution in [2.45, 2.75) is 40.0 Å². The van der Waals surface area contributed by atoms with Gasteiger partial charge in [0, 0.05) is 47.7 Å². The van der Waals surface area contributed by atoms with Gasteiger partial charge in [0.2, 0.25) is 0 Å². The molecule has 0 aromatic heterocycles. The van der Waals surface area contributed by atoms with Gasteiger partial charge in [-0.15, -0.1) is 11.1 Å². The summed E-state index contributed by atoms with van der Waals surface area (Å²) < 4.78 is 99.3. The van der Waals surface area contributed by atoms with Crippen LogP contribution in [0.15, 0.2) is 36.4 Å². The zero-order valence-electron chi connectivity index (χ0n) is 18.1. The van der Waals surface area contributed by atoms with Crippen LogP contribution in [0, 0.1) is 81.0 Å². The fourth-order valence-corrected chi connectivity index (χ4v) is 3.78. The van der Waals surface area contributed by atoms with Crippen LogP contribution >= 0.6 is 0 Å². The molecule has 0 aliphatic rings. The fourth-order valence-electron chi connectivity index (χ4n) is 3.78. The van der Waals surface area contributed by atoms with E-state index in [1.54, 1.807) is 0 Å². The van der Waals surface area contributed by atoms with E-state index in [0.717, 1.165) is 22.3 Å². The van der Waals surface area contributed by atoms with E-state index >= 15 is 0 Å². The van der Waals surface area contributed by atoms with Gasteiger partial charge in [0.25, 0.3) is 0 Å². The molecule has 3 aromatic rings. The van der Waals surface area contributed by atoms with E-state index in [-0.39, 0.29) is 53.3 Å². The fraction of sp³-hybridized carbons (Fsp3) is 0.250. The molecular formula is C24H18F7LaO-. The topological polar surface area (TPSA) is 9.23 Å². The summed E-state index contributed by atoms with van der Waals surface area (Å²) in [6, 6.07) is 9.36. The molecule has 3 rings (SSSR count). The number of ether oxygens (including phenoxy) is 1. The number of hydrogen-bond acceptors (Lipinski definition) is 1. The maximum atomic E-state index is 14.7. The molecule has 0 unspecified atom stereocenters. The van der Waals surface area contributed by atoms with E-state index in [4.69, 9.17) is 0 Å². The number of alkyl halides is 5. The summed E-state index contributed by atoms with van der Waals surface area (Å²) in [5.41, 5.74) is 1.65. The first-order valence-electron chi connectivity index (χ1n) is 9.45. The van der Waals surface area contributed by atoms with Crippen molar-refractivity contribution in [3.8, 4) is 16.9 Å². The quantitative estimate of drug-likeness (QED) is 0.221. The number of rotatable bonds is 4. The van der Waals surface area contributed by atoms with Crippen LogP contribution in [0.2, 0.25) is 0 Å². The van der Waals surface area contributed by atoms with Crippen molar-refractivity contribution in [2.24, 2.45) is 0 Å². The summed E-state index contributed by atoms with van der Waals surface area (Å²) in [5.74, 6) is -5.19. The van der Waals surface area contributed by atoms with Crippen molar-refractivity contribution in [3.63, 3.8) is 0 Å². The van der Waals surface area contributed by atoms with Crippen molar-refractivity contribution in [1.82, 2.24) is 0 Å². The van der Waals surface area contributed by atoms with Crippen LogP contribution in [0.5, 0.6) is 5.75 Å². The SMILES string of the molecule is Cc1cc(C)c(-c2c[c-]c(C(F)(F)Oc3cc(F)c(C(F)(F)F)c(F)c3)c(C)c2)c(C)c1.[La]. The van der Waals surface area contributed by atoms with Crippen molar-refractivity contribution < 1.29 is 71.1 Å². The van der Waals surface area contributed by atoms with Gasteiger partial charge in [-0.05, 0) is 26.3 Å². The first-order valence-corrected chi connectivity index (χ1v) is 9.45. The van der Waals surface area contributed by atoms with Gasteiger partial charge >= 0.3 is 12.3 Å². The van der Waals surface area contributed by atoms with E-state index in [2.05, 4.69) is 10.8 Å². The monoisotopic (exact) mass is 594 g/mol. The second kappa shape index (κ2) is 9.80. The van der Waals surface area contributed by atoms with Crippen molar-refractivity contribution in [2.75, 3.05) is 0 Å². The average molecular weight is 594 g/mol. The number of halogens is 7. The minimum atomic E-state index is -5.32. The Morgan fingerprint density at radius 3 is 1.73 bits per heavy atom. The molecule has 1 nitrogen and oxygen atoms in total. The summed E-state index contributed by atoms with van der Waals surface area (Å²) in [5, 5.41) is 0. The standard InChI is InChI=1S/C24H18F7O.La/c1-12-7-14(3)21(15(4)8-12)16-5-6-18(13(2)9-16)24(30,31)32-17-10-19(25)22(20(26)11-17)23(27,28)29;/h5,7-11H,1-4H3;/q-1;. The molecule has 0 atom stereocenters. The molecule has 0 heterocycles. The zero-order valence-corrected chi connectivity index (χ0v) is 21.7. The number of aryl methyl sites for hydroxylation is 4. The number of benzene rings is 3. The van der Waals surface area contributed by atoms with Gasteiger partial charge < -0.3 is 4.74 Å². The van der Waals surface area contributed by atoms with E-state index in [1.165, 1.54) is 19.1 Å². The largest absolute Gasteiger partial charge is 0.430 e. The Bertz CT molecular complexity index is 1140. The second-order valence-corrected chi connectivity index (χ2v) is 7.60. The van der Waals surface area contributed by atoms with Gasteiger partial charge in [0.1, 0.15) is 22.9 Å². The van der Waals surface area contributed by atoms with Gasteiger partial charge in [-0.2, -0.15) is 40.2 Å². The summed E-state index contributed by atoms with van der Waals surface area (Å²) in [7, 11) is 0. The van der Waals surface area contributed by atoms with Crippen LogP contribution in [0.25, 0.3) is 11.1 Å². The van der Waals surface area contributed by atoms with Crippen LogP contribution in [0.4, 0.5) is 30.7 Å². The van der Waals surface area contributed by atoms with Gasteiger partial charge in [0.15, 0.2) is 0 Å². The molecular weight excluding hydrogens is 576 g/mol. The molecule has 0 fully saturated rings. The Morgan fingerprint density at radius 2 is 1.27 bits per heavy atom. The Balaban J connectivity index is 0.00000385. The maximum Gasteiger partial charge on any atom is 0.422 e. The Kier molecular flexibility index (Phi) is 8.14. The summed E-state index contributed by atoms with van der Waals surface area (Å²) in [4.78, 5) is 0. The Hall–Kier alpha value is -1.84. The van der Waals surface area contributed by atoms with Crippen LogP contribution in [-0.2, 0) is 12.3 Å². The molecule has 173 valence electrons. The molecule has 1 radical (unpaired) electrons. The molecule has 0 bridgehead atoms. The third-order valence-electron chi connectivity index (χ3n) is 4.94. The zero-order chi connectivity index (χ0) is 24.0. The Labute approximate surface area is 214 Å². The molecule has 3 aromatic carbocycles. The normalized spacial score (nSPS) is 11.8. The minimum Gasteiger partial charge on any atom is -0.430 e. The molecule has 0 spiro atoms. The Morgan fingerprint density at radius 1 is 0.758 bits per heavy atom. The number of hydrogen-bond donors (Lipinski definition) is 0. The first-order chi connectivity index (χ1) is 14.7. The first kappa shape index (κ1) is 27.4. The molecule has 0 saturated heterocycles. The summed E-state index contributed by atoms with van der Waals surface area (Å²) in [6.45, 7) is 7.11. The van der Waals surface area contributed by atoms with Crippen molar-refractivity contribution in [3.05, 3.63) is 87.5 Å². The molecule has 0 aliphatic heterocycles. The molecule has 0 amide bonds. The third-order valence-corrected chi connectivity index (χ3v) is 4.94. The molecule has 0 aliphatic carbocycles. The third kappa shape index (κ3) is 5.81. The van der Waals surface area contributed by atoms with Crippen LogP contribution in [0.1, 0.15) is 33.4 Å². The van der Waals surface area contributed by atoms with Crippen LogP contribution < -0.4 is 4.74 Å². The van der Waals surface area contributed by atoms with Crippen molar-refractivity contribution >= 4 is 0 Å². The predicted molar refractivity (Wildman–Crippen MR) is 106 cm³/mol. The van der Waals surface area contributed by atoms with E-state index in [1.807, 2.05) is 32.9 Å². The summed E-state index contributed by atoms with van der Waals surface area (Å²) in [6.07, 6.45) is -9.42. The summed E-state index contributed by atoms with van der Waals surface area (Å²) >= 11 is 0. The van der Waals surface area contributed by atoms with Crippen molar-refractivity contribution in [1.29, 1.82) is 0 Å². The predicted octanol–water partition coefficient (Wildman–Crippen LogP) is 7.81. The average Bonchev–Trinajstić information content (AvgIpc) is 2.58. The molecule has 9 heteroatoms. The maximum absolute atomic E-state index is 14.7. The smallest absolute Gasteiger partial charge is 0.422 e. The van der Waals surface area contributed by atoms with Crippen LogP contribution in [-0.4, -0.2) is 0 Å². The van der Waals surface area contributed by atoms with E-state index < -0.39 is 40.8 Å². The van der Waals surface area contributed by atoms with Gasteiger partial charge in [0.05, 0.1) is 0 Å². The molecule has 33 heavy (non-hydrogen) atoms. The van der Waals surface area contributed by atoms with Gasteiger partial charge in [-0.1, -0.05) is 41.3 Å². The minimum absolute atomic E-state index is 0. The van der Waals surface area contributed by atoms with Gasteiger partial charge in [-0.25, -0.2) is 8.78 Å². The van der Waals surface area contributed by atoms with E-state index in [9.17, 15) is 30.7 Å². The van der Waals surface area contributed by atoms with E-state index in [0.29, 0.717) is 5.56 Å².